The normalized spacial score (nSPS) is 27.4. The van der Waals surface area contributed by atoms with Crippen molar-refractivity contribution in [1.29, 1.82) is 0 Å². The largest absolute Gasteiger partial charge is 0.342 e. The monoisotopic (exact) mass is 273 g/mol. The maximum Gasteiger partial charge on any atom is 0.230 e. The van der Waals surface area contributed by atoms with Crippen molar-refractivity contribution in [2.45, 2.75) is 32.7 Å². The topological polar surface area (TPSA) is 36.4 Å². The Hall–Kier alpha value is -1.42. The average molecular weight is 273 g/mol. The molecule has 1 atom stereocenters. The summed E-state index contributed by atoms with van der Waals surface area (Å²) in [6.45, 7) is 6.83. The Morgan fingerprint density at radius 1 is 1.25 bits per heavy atom. The minimum atomic E-state index is -0.0959. The van der Waals surface area contributed by atoms with Gasteiger partial charge in [0, 0.05) is 38.6 Å². The van der Waals surface area contributed by atoms with Gasteiger partial charge in [-0.2, -0.15) is 0 Å². The number of aromatic nitrogens is 1. The maximum atomic E-state index is 12.6. The van der Waals surface area contributed by atoms with Crippen LogP contribution in [0.15, 0.2) is 24.5 Å². The molecule has 1 aromatic rings. The molecule has 1 spiro atoms. The third kappa shape index (κ3) is 2.44. The molecule has 3 rings (SSSR count). The highest BCUT2D eigenvalue weighted by atomic mass is 16.2. The van der Waals surface area contributed by atoms with E-state index in [0.717, 1.165) is 52.0 Å². The van der Waals surface area contributed by atoms with E-state index in [4.69, 9.17) is 0 Å². The first-order valence-corrected chi connectivity index (χ1v) is 7.64. The van der Waals surface area contributed by atoms with Crippen molar-refractivity contribution in [3.8, 4) is 0 Å². The molecule has 2 aliphatic heterocycles. The molecule has 1 amide bonds. The van der Waals surface area contributed by atoms with Gasteiger partial charge in [0.1, 0.15) is 0 Å². The highest BCUT2D eigenvalue weighted by Crippen LogP contribution is 2.40. The summed E-state index contributed by atoms with van der Waals surface area (Å²) in [6, 6.07) is 4.13. The lowest BCUT2D eigenvalue weighted by Gasteiger charge is -2.39. The molecule has 3 heterocycles. The van der Waals surface area contributed by atoms with Crippen LogP contribution >= 0.6 is 0 Å². The van der Waals surface area contributed by atoms with Gasteiger partial charge in [0.25, 0.3) is 0 Å². The maximum absolute atomic E-state index is 12.6. The van der Waals surface area contributed by atoms with Crippen LogP contribution in [-0.4, -0.2) is 46.9 Å². The van der Waals surface area contributed by atoms with E-state index in [0.29, 0.717) is 5.91 Å². The molecule has 0 bridgehead atoms. The van der Waals surface area contributed by atoms with E-state index < -0.39 is 0 Å². The van der Waals surface area contributed by atoms with Gasteiger partial charge in [-0.25, -0.2) is 0 Å². The van der Waals surface area contributed by atoms with E-state index in [1.165, 1.54) is 5.56 Å². The fourth-order valence-electron chi connectivity index (χ4n) is 3.68. The van der Waals surface area contributed by atoms with E-state index in [2.05, 4.69) is 28.9 Å². The fourth-order valence-corrected chi connectivity index (χ4v) is 3.68. The van der Waals surface area contributed by atoms with Gasteiger partial charge in [0.2, 0.25) is 5.91 Å². The zero-order valence-corrected chi connectivity index (χ0v) is 12.2. The minimum absolute atomic E-state index is 0.0959. The van der Waals surface area contributed by atoms with Crippen molar-refractivity contribution >= 4 is 5.91 Å². The Morgan fingerprint density at radius 3 is 2.75 bits per heavy atom. The zero-order valence-electron chi connectivity index (χ0n) is 12.2. The summed E-state index contributed by atoms with van der Waals surface area (Å²) < 4.78 is 0. The van der Waals surface area contributed by atoms with E-state index in [-0.39, 0.29) is 5.41 Å². The fraction of sp³-hybridized carbons (Fsp3) is 0.625. The molecule has 0 radical (unpaired) electrons. The van der Waals surface area contributed by atoms with Gasteiger partial charge in [0.05, 0.1) is 5.41 Å². The smallest absolute Gasteiger partial charge is 0.230 e. The van der Waals surface area contributed by atoms with Gasteiger partial charge < -0.3 is 4.90 Å². The molecule has 4 nitrogen and oxygen atoms in total. The number of carbonyl (C=O) groups is 1. The minimum Gasteiger partial charge on any atom is -0.342 e. The van der Waals surface area contributed by atoms with Crippen LogP contribution in [0.4, 0.5) is 0 Å². The summed E-state index contributed by atoms with van der Waals surface area (Å²) in [6.07, 6.45) is 6.92. The second-order valence-electron chi connectivity index (χ2n) is 6.08. The molecule has 1 unspecified atom stereocenters. The first-order chi connectivity index (χ1) is 9.73. The first-order valence-electron chi connectivity index (χ1n) is 7.64. The predicted molar refractivity (Wildman–Crippen MR) is 78.1 cm³/mol. The molecule has 0 saturated carbocycles. The van der Waals surface area contributed by atoms with E-state index >= 15 is 0 Å². The number of carbonyl (C=O) groups excluding carboxylic acids is 1. The quantitative estimate of drug-likeness (QED) is 0.844. The van der Waals surface area contributed by atoms with Gasteiger partial charge in [0.15, 0.2) is 0 Å². The van der Waals surface area contributed by atoms with Crippen molar-refractivity contribution in [1.82, 2.24) is 14.8 Å². The number of likely N-dealkylation sites (tertiary alicyclic amines) is 2. The first kappa shape index (κ1) is 13.6. The highest BCUT2D eigenvalue weighted by molar-refractivity contribution is 5.85. The standard InChI is InChI=1S/C16H23N3O/c1-2-19-11-7-16(15(19)20)6-3-10-18(13-16)12-14-4-8-17-9-5-14/h4-5,8-9H,2-3,6-7,10-13H2,1H3. The Balaban J connectivity index is 1.69. The average Bonchev–Trinajstić information content (AvgIpc) is 2.77. The number of piperidine rings is 1. The molecule has 0 aromatic carbocycles. The summed E-state index contributed by atoms with van der Waals surface area (Å²) in [5.74, 6) is 0.388. The molecule has 2 saturated heterocycles. The lowest BCUT2D eigenvalue weighted by molar-refractivity contribution is -0.138. The molecular weight excluding hydrogens is 250 g/mol. The molecule has 108 valence electrons. The molecule has 2 fully saturated rings. The number of pyridine rings is 1. The molecule has 2 aliphatic rings. The van der Waals surface area contributed by atoms with Crippen LogP contribution in [-0.2, 0) is 11.3 Å². The van der Waals surface area contributed by atoms with Gasteiger partial charge in [-0.3, -0.25) is 14.7 Å². The Morgan fingerprint density at radius 2 is 2.05 bits per heavy atom. The summed E-state index contributed by atoms with van der Waals surface area (Å²) in [7, 11) is 0. The van der Waals surface area contributed by atoms with Gasteiger partial charge in [-0.05, 0) is 50.4 Å². The van der Waals surface area contributed by atoms with Crippen LogP contribution in [0.5, 0.6) is 0 Å². The Kier molecular flexibility index (Phi) is 3.74. The summed E-state index contributed by atoms with van der Waals surface area (Å²) in [4.78, 5) is 21.1. The Labute approximate surface area is 120 Å². The number of nitrogens with zero attached hydrogens (tertiary/aromatic N) is 3. The lowest BCUT2D eigenvalue weighted by Crippen LogP contribution is -2.47. The number of amides is 1. The zero-order chi connectivity index (χ0) is 14.0. The molecule has 20 heavy (non-hydrogen) atoms. The molecule has 0 aliphatic carbocycles. The van der Waals surface area contributed by atoms with E-state index in [9.17, 15) is 4.79 Å². The van der Waals surface area contributed by atoms with Gasteiger partial charge >= 0.3 is 0 Å². The van der Waals surface area contributed by atoms with E-state index in [1.807, 2.05) is 17.3 Å². The van der Waals surface area contributed by atoms with Crippen LogP contribution in [0.2, 0.25) is 0 Å². The lowest BCUT2D eigenvalue weighted by atomic mass is 9.78. The Bertz CT molecular complexity index is 476. The summed E-state index contributed by atoms with van der Waals surface area (Å²) in [5, 5.41) is 0. The van der Waals surface area contributed by atoms with Crippen LogP contribution in [0, 0.1) is 5.41 Å². The molecular formula is C16H23N3O. The van der Waals surface area contributed by atoms with Crippen molar-refractivity contribution in [3.63, 3.8) is 0 Å². The molecule has 4 heteroatoms. The van der Waals surface area contributed by atoms with Crippen LogP contribution < -0.4 is 0 Å². The van der Waals surface area contributed by atoms with Crippen LogP contribution in [0.25, 0.3) is 0 Å². The third-order valence-electron chi connectivity index (χ3n) is 4.79. The van der Waals surface area contributed by atoms with Gasteiger partial charge in [-0.15, -0.1) is 0 Å². The highest BCUT2D eigenvalue weighted by Gasteiger charge is 2.48. The van der Waals surface area contributed by atoms with Crippen molar-refractivity contribution in [3.05, 3.63) is 30.1 Å². The van der Waals surface area contributed by atoms with Crippen molar-refractivity contribution in [2.24, 2.45) is 5.41 Å². The predicted octanol–water partition coefficient (Wildman–Crippen LogP) is 1.92. The number of rotatable bonds is 3. The van der Waals surface area contributed by atoms with Gasteiger partial charge in [-0.1, -0.05) is 0 Å². The van der Waals surface area contributed by atoms with Crippen LogP contribution in [0.1, 0.15) is 31.7 Å². The third-order valence-corrected chi connectivity index (χ3v) is 4.79. The van der Waals surface area contributed by atoms with Crippen LogP contribution in [0.3, 0.4) is 0 Å². The molecule has 0 N–H and O–H groups in total. The SMILES string of the molecule is CCN1CCC2(CCCN(Cc3ccncc3)C2)C1=O. The van der Waals surface area contributed by atoms with Crippen molar-refractivity contribution in [2.75, 3.05) is 26.2 Å². The second kappa shape index (κ2) is 5.52. The number of hydrogen-bond donors (Lipinski definition) is 0. The molecule has 1 aromatic heterocycles. The second-order valence-corrected chi connectivity index (χ2v) is 6.08. The van der Waals surface area contributed by atoms with Crippen molar-refractivity contribution < 1.29 is 4.79 Å². The van der Waals surface area contributed by atoms with E-state index in [1.54, 1.807) is 0 Å². The summed E-state index contributed by atoms with van der Waals surface area (Å²) in [5.41, 5.74) is 1.19. The number of hydrogen-bond acceptors (Lipinski definition) is 3. The summed E-state index contributed by atoms with van der Waals surface area (Å²) >= 11 is 0.